The van der Waals surface area contributed by atoms with Crippen LogP contribution in [0.15, 0.2) is 21.9 Å². The van der Waals surface area contributed by atoms with Crippen LogP contribution in [0.2, 0.25) is 0 Å². The minimum absolute atomic E-state index is 0.520. The minimum Gasteiger partial charge on any atom is -0.382 e. The summed E-state index contributed by atoms with van der Waals surface area (Å²) in [5, 5.41) is 21.1. The average Bonchev–Trinajstić information content (AvgIpc) is 2.92. The lowest BCUT2D eigenvalue weighted by Crippen LogP contribution is -2.51. The maximum Gasteiger partial charge on any atom is 0.705 e. The van der Waals surface area contributed by atoms with Gasteiger partial charge >= 0.3 is 29.6 Å². The van der Waals surface area contributed by atoms with E-state index in [1.807, 2.05) is 0 Å². The molecule has 3 rings (SSSR count). The van der Waals surface area contributed by atoms with Gasteiger partial charge < -0.3 is 19.8 Å². The Labute approximate surface area is 164 Å². The third kappa shape index (κ3) is 3.56. The zero-order valence-corrected chi connectivity index (χ0v) is 17.1. The van der Waals surface area contributed by atoms with Crippen LogP contribution < -0.4 is 11.2 Å². The van der Waals surface area contributed by atoms with Crippen molar-refractivity contribution >= 4 is 23.9 Å². The second-order valence-corrected chi connectivity index (χ2v) is 10.2. The molecule has 168 valence electrons. The number of hydrogen-bond acceptors (Lipinski definition) is 11. The van der Waals surface area contributed by atoms with Crippen molar-refractivity contribution in [3.8, 4) is 0 Å². The van der Waals surface area contributed by atoms with Gasteiger partial charge in [0.25, 0.3) is 11.4 Å². The van der Waals surface area contributed by atoms with Crippen molar-refractivity contribution in [2.75, 3.05) is 0 Å². The summed E-state index contributed by atoms with van der Waals surface area (Å²) < 4.78 is 65.4. The molecule has 1 aromatic rings. The Balaban J connectivity index is 1.85. The first kappa shape index (κ1) is 23.5. The van der Waals surface area contributed by atoms with Crippen LogP contribution in [0, 0.1) is 0 Å². The monoisotopic (exact) mass is 497 g/mol. The highest BCUT2D eigenvalue weighted by atomic mass is 31.3. The SMILES string of the molecule is C[C@]1(O)[C@H](n2ccc(=O)[nH]c2=O)O[C@]2(F)C(OP(=O)(O)OP(=O)(O)O[P+](=O)O)[C@]12O. The number of aromatic nitrogens is 2. The van der Waals surface area contributed by atoms with Crippen LogP contribution in [0.1, 0.15) is 13.2 Å². The molecule has 0 aromatic carbocycles. The molecule has 0 amide bonds. The van der Waals surface area contributed by atoms with Gasteiger partial charge in [0.2, 0.25) is 0 Å². The zero-order valence-electron chi connectivity index (χ0n) is 14.4. The Morgan fingerprint density at radius 1 is 1.30 bits per heavy atom. The van der Waals surface area contributed by atoms with Gasteiger partial charge in [0.1, 0.15) is 5.60 Å². The third-order valence-electron chi connectivity index (χ3n) is 4.41. The first-order valence-corrected chi connectivity index (χ1v) is 11.6. The van der Waals surface area contributed by atoms with Crippen LogP contribution in [0.5, 0.6) is 0 Å². The van der Waals surface area contributed by atoms with Crippen molar-refractivity contribution in [1.29, 1.82) is 0 Å². The Kier molecular flexibility index (Phi) is 5.40. The molecule has 1 saturated heterocycles. The second-order valence-electron chi connectivity index (χ2n) is 6.37. The molecule has 0 bridgehead atoms. The predicted molar refractivity (Wildman–Crippen MR) is 87.4 cm³/mol. The molecule has 1 aliphatic heterocycles. The second kappa shape index (κ2) is 6.90. The van der Waals surface area contributed by atoms with Crippen LogP contribution in [0.3, 0.4) is 0 Å². The van der Waals surface area contributed by atoms with Gasteiger partial charge in [-0.2, -0.15) is 4.31 Å². The topological polar surface area (TPSA) is 244 Å². The molecule has 0 radical (unpaired) electrons. The first-order chi connectivity index (χ1) is 13.5. The summed E-state index contributed by atoms with van der Waals surface area (Å²) in [4.78, 5) is 51.8. The van der Waals surface area contributed by atoms with Crippen molar-refractivity contribution in [3.63, 3.8) is 0 Å². The highest BCUT2D eigenvalue weighted by molar-refractivity contribution is 7.64. The quantitative estimate of drug-likeness (QED) is 0.235. The number of ether oxygens (including phenoxy) is 1. The van der Waals surface area contributed by atoms with E-state index in [2.05, 4.69) is 13.1 Å². The molecule has 2 heterocycles. The van der Waals surface area contributed by atoms with Gasteiger partial charge in [-0.1, -0.05) is 0 Å². The summed E-state index contributed by atoms with van der Waals surface area (Å²) in [7, 11) is -15.1. The summed E-state index contributed by atoms with van der Waals surface area (Å²) in [6.07, 6.45) is -3.60. The van der Waals surface area contributed by atoms with Gasteiger partial charge in [-0.05, 0) is 11.2 Å². The lowest BCUT2D eigenvalue weighted by molar-refractivity contribution is -0.181. The summed E-state index contributed by atoms with van der Waals surface area (Å²) in [6, 6.07) is 0.828. The number of H-pyrrole nitrogens is 1. The molecule has 0 spiro atoms. The van der Waals surface area contributed by atoms with E-state index in [-0.39, 0.29) is 0 Å². The Hall–Kier alpha value is -1.19. The molecule has 2 fully saturated rings. The smallest absolute Gasteiger partial charge is 0.382 e. The fraction of sp³-hybridized carbons (Fsp3) is 0.600. The van der Waals surface area contributed by atoms with Crippen molar-refractivity contribution < 1.29 is 60.9 Å². The van der Waals surface area contributed by atoms with Crippen molar-refractivity contribution in [1.82, 2.24) is 9.55 Å². The van der Waals surface area contributed by atoms with Crippen molar-refractivity contribution in [3.05, 3.63) is 33.1 Å². The predicted octanol–water partition coefficient (Wildman–Crippen LogP) is -1.50. The zero-order chi connectivity index (χ0) is 22.9. The molecular formula is C10H13FN2O14P3+. The Bertz CT molecular complexity index is 1120. The molecule has 1 saturated carbocycles. The van der Waals surface area contributed by atoms with Gasteiger partial charge in [0.15, 0.2) is 17.9 Å². The van der Waals surface area contributed by atoms with E-state index < -0.39 is 64.5 Å². The van der Waals surface area contributed by atoms with Crippen LogP contribution >= 0.6 is 23.9 Å². The number of alkyl halides is 1. The summed E-state index contributed by atoms with van der Waals surface area (Å²) in [6.45, 7) is 0.777. The number of halogens is 1. The van der Waals surface area contributed by atoms with E-state index in [4.69, 9.17) is 14.5 Å². The van der Waals surface area contributed by atoms with E-state index in [1.54, 1.807) is 4.98 Å². The standard InChI is InChI=1S/C10H12FN2O14P3/c1-8(16)6(13-3-2-4(14)12-7(13)15)24-10(11)5(9(8,10)17)25-29(20,21)27-30(22,23)26-28(18)19/h2-3,5-6,16-17H,1H3,(H3-,12,14,15,18,19,20,21,22,23)/p+1/t5?,6-,8+,9+,10-/m1/s1. The molecule has 16 nitrogen and oxygen atoms in total. The highest BCUT2D eigenvalue weighted by Gasteiger charge is 2.95. The Morgan fingerprint density at radius 2 is 1.90 bits per heavy atom. The summed E-state index contributed by atoms with van der Waals surface area (Å²) in [5.41, 5.74) is -7.79. The first-order valence-electron chi connectivity index (χ1n) is 7.51. The highest BCUT2D eigenvalue weighted by Crippen LogP contribution is 2.73. The molecule has 30 heavy (non-hydrogen) atoms. The summed E-state index contributed by atoms with van der Waals surface area (Å²) in [5.74, 6) is -3.42. The van der Waals surface area contributed by atoms with E-state index >= 15 is 4.39 Å². The molecule has 6 N–H and O–H groups in total. The fourth-order valence-corrected chi connectivity index (χ4v) is 5.91. The van der Waals surface area contributed by atoms with Crippen LogP contribution in [0.4, 0.5) is 4.39 Å². The number of fused-ring (bicyclic) bond motifs is 1. The van der Waals surface area contributed by atoms with Crippen LogP contribution in [0.25, 0.3) is 0 Å². The molecule has 8 atom stereocenters. The number of aliphatic hydroxyl groups is 2. The number of phosphoric ester groups is 1. The summed E-state index contributed by atoms with van der Waals surface area (Å²) >= 11 is 0. The van der Waals surface area contributed by atoms with Gasteiger partial charge in [-0.15, -0.1) is 4.89 Å². The lowest BCUT2D eigenvalue weighted by Gasteiger charge is -2.32. The molecule has 1 aliphatic carbocycles. The van der Waals surface area contributed by atoms with Crippen molar-refractivity contribution in [2.45, 2.75) is 36.3 Å². The maximum absolute atomic E-state index is 15.1. The van der Waals surface area contributed by atoms with Crippen LogP contribution in [-0.2, 0) is 31.6 Å². The van der Waals surface area contributed by atoms with Gasteiger partial charge in [-0.25, -0.2) is 18.3 Å². The fourth-order valence-electron chi connectivity index (χ4n) is 3.07. The van der Waals surface area contributed by atoms with Gasteiger partial charge in [0.05, 0.1) is 0 Å². The Morgan fingerprint density at radius 3 is 2.37 bits per heavy atom. The number of hydrogen-bond donors (Lipinski definition) is 6. The van der Waals surface area contributed by atoms with E-state index in [1.165, 1.54) is 0 Å². The number of phosphoric acid groups is 2. The van der Waals surface area contributed by atoms with E-state index in [9.17, 15) is 38.4 Å². The molecular weight excluding hydrogens is 484 g/mol. The molecule has 1 aromatic heterocycles. The van der Waals surface area contributed by atoms with E-state index in [0.29, 0.717) is 4.57 Å². The lowest BCUT2D eigenvalue weighted by atomic mass is 9.95. The molecule has 2 aliphatic rings. The number of rotatable bonds is 7. The number of nitrogens with one attached hydrogen (secondary N) is 1. The normalized spacial score (nSPS) is 39.6. The van der Waals surface area contributed by atoms with Crippen molar-refractivity contribution in [2.24, 2.45) is 0 Å². The molecule has 20 heteroatoms. The number of aromatic amines is 1. The van der Waals surface area contributed by atoms with Gasteiger partial charge in [-0.3, -0.25) is 23.8 Å². The largest absolute Gasteiger partial charge is 0.705 e. The van der Waals surface area contributed by atoms with Crippen LogP contribution in [-0.4, -0.2) is 57.6 Å². The average molecular weight is 497 g/mol. The molecule has 4 unspecified atom stereocenters. The van der Waals surface area contributed by atoms with Gasteiger partial charge in [0, 0.05) is 16.8 Å². The van der Waals surface area contributed by atoms with E-state index in [0.717, 1.165) is 19.2 Å². The third-order valence-corrected chi connectivity index (χ3v) is 7.92. The number of nitrogens with zero attached hydrogens (tertiary/aromatic N) is 1. The minimum atomic E-state index is -5.75. The maximum atomic E-state index is 15.1.